The molecule has 1 aromatic carbocycles. The molecule has 1 aromatic rings. The van der Waals surface area contributed by atoms with Gasteiger partial charge in [-0.05, 0) is 43.5 Å². The molecular formula is C9H15OP. The predicted octanol–water partition coefficient (Wildman–Crippen LogP) is 2.38. The zero-order valence-corrected chi connectivity index (χ0v) is 8.72. The number of aryl methyl sites for hydroxylation is 1. The Morgan fingerprint density at radius 2 is 1.55 bits per heavy atom. The van der Waals surface area contributed by atoms with Gasteiger partial charge >= 0.3 is 0 Å². The smallest absolute Gasteiger partial charge is 0.118 e. The molecule has 0 saturated carbocycles. The standard InChI is InChI=1S/C9H12O.H3P/c1-6-4-5-9(10)8(3)7(6)2;/h4-5,10H,1-3H3;1H3. The zero-order chi connectivity index (χ0) is 7.72. The molecule has 11 heavy (non-hydrogen) atoms. The van der Waals surface area contributed by atoms with Crippen LogP contribution < -0.4 is 0 Å². The highest BCUT2D eigenvalue weighted by Crippen LogP contribution is 2.21. The van der Waals surface area contributed by atoms with Crippen molar-refractivity contribution in [1.82, 2.24) is 0 Å². The van der Waals surface area contributed by atoms with Crippen molar-refractivity contribution >= 4 is 9.90 Å². The SMILES string of the molecule is Cc1ccc(O)c(C)c1C.P. The third-order valence-corrected chi connectivity index (χ3v) is 2.03. The van der Waals surface area contributed by atoms with Crippen LogP contribution in [0.15, 0.2) is 12.1 Å². The Morgan fingerprint density at radius 1 is 1.00 bits per heavy atom. The molecule has 0 aromatic heterocycles. The number of phenolic OH excluding ortho intramolecular Hbond substituents is 1. The Balaban J connectivity index is 0.000001000. The van der Waals surface area contributed by atoms with Gasteiger partial charge in [-0.3, -0.25) is 0 Å². The lowest BCUT2D eigenvalue weighted by molar-refractivity contribution is 0.470. The fourth-order valence-corrected chi connectivity index (χ4v) is 0.942. The number of aromatic hydroxyl groups is 1. The van der Waals surface area contributed by atoms with Gasteiger partial charge in [-0.15, -0.1) is 0 Å². The normalized spacial score (nSPS) is 9.00. The quantitative estimate of drug-likeness (QED) is 0.592. The molecule has 0 aliphatic carbocycles. The van der Waals surface area contributed by atoms with Gasteiger partial charge < -0.3 is 5.11 Å². The second-order valence-corrected chi connectivity index (χ2v) is 2.65. The maximum absolute atomic E-state index is 9.22. The van der Waals surface area contributed by atoms with Crippen LogP contribution in [-0.2, 0) is 0 Å². The topological polar surface area (TPSA) is 20.2 Å². The number of benzene rings is 1. The molecule has 0 fully saturated rings. The van der Waals surface area contributed by atoms with E-state index in [1.807, 2.05) is 26.8 Å². The second kappa shape index (κ2) is 3.73. The summed E-state index contributed by atoms with van der Waals surface area (Å²) >= 11 is 0. The van der Waals surface area contributed by atoms with E-state index < -0.39 is 0 Å². The van der Waals surface area contributed by atoms with Crippen molar-refractivity contribution < 1.29 is 5.11 Å². The van der Waals surface area contributed by atoms with Crippen molar-refractivity contribution in [3.05, 3.63) is 28.8 Å². The fourth-order valence-electron chi connectivity index (χ4n) is 0.942. The zero-order valence-electron chi connectivity index (χ0n) is 7.31. The minimum atomic E-state index is 0. The van der Waals surface area contributed by atoms with E-state index in [1.54, 1.807) is 6.07 Å². The average molecular weight is 170 g/mol. The number of rotatable bonds is 0. The van der Waals surface area contributed by atoms with Crippen molar-refractivity contribution in [2.45, 2.75) is 20.8 Å². The van der Waals surface area contributed by atoms with Gasteiger partial charge in [0.25, 0.3) is 0 Å². The number of hydrogen-bond acceptors (Lipinski definition) is 1. The van der Waals surface area contributed by atoms with Gasteiger partial charge in [0.15, 0.2) is 0 Å². The molecule has 0 aliphatic heterocycles. The van der Waals surface area contributed by atoms with E-state index in [2.05, 4.69) is 0 Å². The lowest BCUT2D eigenvalue weighted by atomic mass is 10.0. The van der Waals surface area contributed by atoms with Crippen LogP contribution in [0.5, 0.6) is 5.75 Å². The summed E-state index contributed by atoms with van der Waals surface area (Å²) in [6.07, 6.45) is 0. The maximum Gasteiger partial charge on any atom is 0.118 e. The summed E-state index contributed by atoms with van der Waals surface area (Å²) in [4.78, 5) is 0. The number of phenols is 1. The highest BCUT2D eigenvalue weighted by atomic mass is 31.0. The first-order valence-corrected chi connectivity index (χ1v) is 3.38. The van der Waals surface area contributed by atoms with Gasteiger partial charge in [0.1, 0.15) is 5.75 Å². The molecule has 1 nitrogen and oxygen atoms in total. The van der Waals surface area contributed by atoms with Crippen molar-refractivity contribution in [3.63, 3.8) is 0 Å². The van der Waals surface area contributed by atoms with E-state index in [-0.39, 0.29) is 9.90 Å². The van der Waals surface area contributed by atoms with Crippen molar-refractivity contribution in [2.75, 3.05) is 0 Å². The summed E-state index contributed by atoms with van der Waals surface area (Å²) in [7, 11) is 0. The van der Waals surface area contributed by atoms with Gasteiger partial charge in [-0.1, -0.05) is 6.07 Å². The number of hydrogen-bond donors (Lipinski definition) is 1. The summed E-state index contributed by atoms with van der Waals surface area (Å²) in [5.74, 6) is 0.392. The summed E-state index contributed by atoms with van der Waals surface area (Å²) in [5, 5.41) is 9.22. The minimum absolute atomic E-state index is 0. The lowest BCUT2D eigenvalue weighted by Crippen LogP contribution is -1.85. The molecule has 0 bridgehead atoms. The first-order chi connectivity index (χ1) is 4.63. The van der Waals surface area contributed by atoms with E-state index >= 15 is 0 Å². The largest absolute Gasteiger partial charge is 0.508 e. The molecule has 1 N–H and O–H groups in total. The third-order valence-electron chi connectivity index (χ3n) is 2.03. The van der Waals surface area contributed by atoms with Crippen LogP contribution in [0.2, 0.25) is 0 Å². The van der Waals surface area contributed by atoms with Crippen LogP contribution in [0.3, 0.4) is 0 Å². The van der Waals surface area contributed by atoms with E-state index in [0.717, 1.165) is 5.56 Å². The summed E-state index contributed by atoms with van der Waals surface area (Å²) < 4.78 is 0. The highest BCUT2D eigenvalue weighted by Gasteiger charge is 1.99. The van der Waals surface area contributed by atoms with Crippen LogP contribution in [0.4, 0.5) is 0 Å². The first kappa shape index (κ1) is 10.4. The van der Waals surface area contributed by atoms with Crippen LogP contribution in [0.1, 0.15) is 16.7 Å². The Kier molecular flexibility index (Phi) is 3.54. The summed E-state index contributed by atoms with van der Waals surface area (Å²) in [5.41, 5.74) is 3.40. The van der Waals surface area contributed by atoms with Crippen LogP contribution in [0, 0.1) is 20.8 Å². The third kappa shape index (κ3) is 1.94. The molecular weight excluding hydrogens is 155 g/mol. The van der Waals surface area contributed by atoms with E-state index in [4.69, 9.17) is 0 Å². The molecule has 1 rings (SSSR count). The Hall–Kier alpha value is -0.550. The monoisotopic (exact) mass is 170 g/mol. The van der Waals surface area contributed by atoms with E-state index in [1.165, 1.54) is 11.1 Å². The molecule has 0 amide bonds. The van der Waals surface area contributed by atoms with Gasteiger partial charge in [-0.2, -0.15) is 9.90 Å². The molecule has 0 saturated heterocycles. The van der Waals surface area contributed by atoms with Crippen molar-refractivity contribution in [1.29, 1.82) is 0 Å². The lowest BCUT2D eigenvalue weighted by Gasteiger charge is -2.04. The van der Waals surface area contributed by atoms with Gasteiger partial charge in [0, 0.05) is 0 Å². The highest BCUT2D eigenvalue weighted by molar-refractivity contribution is 6.92. The second-order valence-electron chi connectivity index (χ2n) is 2.65. The van der Waals surface area contributed by atoms with Gasteiger partial charge in [0.2, 0.25) is 0 Å². The van der Waals surface area contributed by atoms with Crippen LogP contribution in [0.25, 0.3) is 0 Å². The van der Waals surface area contributed by atoms with Gasteiger partial charge in [0.05, 0.1) is 0 Å². The summed E-state index contributed by atoms with van der Waals surface area (Å²) in [6, 6.07) is 3.66. The van der Waals surface area contributed by atoms with Crippen LogP contribution >= 0.6 is 9.90 Å². The van der Waals surface area contributed by atoms with E-state index in [0.29, 0.717) is 5.75 Å². The molecule has 62 valence electrons. The summed E-state index contributed by atoms with van der Waals surface area (Å²) in [6.45, 7) is 5.99. The molecule has 1 atom stereocenters. The average Bonchev–Trinajstić information content (AvgIpc) is 1.93. The first-order valence-electron chi connectivity index (χ1n) is 3.38. The van der Waals surface area contributed by atoms with Gasteiger partial charge in [-0.25, -0.2) is 0 Å². The Labute approximate surface area is 71.1 Å². The van der Waals surface area contributed by atoms with Crippen molar-refractivity contribution in [3.8, 4) is 5.75 Å². The molecule has 0 heterocycles. The van der Waals surface area contributed by atoms with Crippen molar-refractivity contribution in [2.24, 2.45) is 0 Å². The van der Waals surface area contributed by atoms with Crippen LogP contribution in [-0.4, -0.2) is 5.11 Å². The molecule has 0 radical (unpaired) electrons. The molecule has 2 heteroatoms. The maximum atomic E-state index is 9.22. The molecule has 0 spiro atoms. The molecule has 1 unspecified atom stereocenters. The Morgan fingerprint density at radius 3 is 2.00 bits per heavy atom. The minimum Gasteiger partial charge on any atom is -0.508 e. The Bertz CT molecular complexity index is 229. The predicted molar refractivity (Wildman–Crippen MR) is 53.4 cm³/mol. The van der Waals surface area contributed by atoms with E-state index in [9.17, 15) is 5.11 Å². The fraction of sp³-hybridized carbons (Fsp3) is 0.333. The molecule has 0 aliphatic rings.